The number of methoxy groups -OCH3 is 1. The Morgan fingerprint density at radius 1 is 1.10 bits per heavy atom. The van der Waals surface area contributed by atoms with Crippen LogP contribution in [0.2, 0.25) is 0 Å². The average Bonchev–Trinajstić information content (AvgIpc) is 2.78. The van der Waals surface area contributed by atoms with Crippen molar-refractivity contribution < 1.29 is 17.9 Å². The van der Waals surface area contributed by atoms with Crippen LogP contribution in [-0.4, -0.2) is 38.8 Å². The Morgan fingerprint density at radius 3 is 2.23 bits per heavy atom. The number of sulfonamides is 1. The molecule has 3 rings (SSSR count). The van der Waals surface area contributed by atoms with Gasteiger partial charge >= 0.3 is 0 Å². The van der Waals surface area contributed by atoms with Gasteiger partial charge in [-0.3, -0.25) is 4.79 Å². The van der Waals surface area contributed by atoms with Crippen LogP contribution in [0.3, 0.4) is 0 Å². The third-order valence-corrected chi connectivity index (χ3v) is 7.64. The second-order valence-electron chi connectivity index (χ2n) is 7.73. The first kappa shape index (κ1) is 22.3. The largest absolute Gasteiger partial charge is 0.497 e. The summed E-state index contributed by atoms with van der Waals surface area (Å²) in [6, 6.07) is 14.6. The summed E-state index contributed by atoms with van der Waals surface area (Å²) >= 11 is 0. The van der Waals surface area contributed by atoms with Gasteiger partial charge in [0.25, 0.3) is 0 Å². The number of rotatable bonds is 7. The molecule has 1 aliphatic heterocycles. The fourth-order valence-electron chi connectivity index (χ4n) is 3.76. The Morgan fingerprint density at radius 2 is 1.70 bits per heavy atom. The molecule has 162 valence electrons. The molecule has 1 N–H and O–H groups in total. The molecular formula is C23H30N2O4S. The minimum absolute atomic E-state index is 0.00363. The molecule has 0 unspecified atom stereocenters. The fraction of sp³-hybridized carbons (Fsp3) is 0.435. The van der Waals surface area contributed by atoms with Crippen molar-refractivity contribution in [3.8, 4) is 5.75 Å². The van der Waals surface area contributed by atoms with Gasteiger partial charge < -0.3 is 10.1 Å². The zero-order chi connectivity index (χ0) is 21.7. The molecule has 1 saturated heterocycles. The van der Waals surface area contributed by atoms with Crippen molar-refractivity contribution in [3.05, 3.63) is 59.7 Å². The van der Waals surface area contributed by atoms with E-state index in [-0.39, 0.29) is 22.8 Å². The van der Waals surface area contributed by atoms with Crippen molar-refractivity contribution in [2.24, 2.45) is 5.92 Å². The van der Waals surface area contributed by atoms with E-state index in [1.54, 1.807) is 31.4 Å². The Hall–Kier alpha value is -2.38. The first-order valence-corrected chi connectivity index (χ1v) is 11.8. The molecule has 0 aromatic heterocycles. The van der Waals surface area contributed by atoms with Crippen LogP contribution in [0.25, 0.3) is 0 Å². The summed E-state index contributed by atoms with van der Waals surface area (Å²) < 4.78 is 32.3. The molecule has 7 heteroatoms. The van der Waals surface area contributed by atoms with E-state index in [9.17, 15) is 13.2 Å². The summed E-state index contributed by atoms with van der Waals surface area (Å²) in [6.07, 6.45) is 1.84. The third-order valence-electron chi connectivity index (χ3n) is 5.73. The highest BCUT2D eigenvalue weighted by atomic mass is 32.2. The number of amides is 1. The molecule has 1 heterocycles. The van der Waals surface area contributed by atoms with Crippen molar-refractivity contribution in [2.45, 2.75) is 44.0 Å². The molecule has 2 aromatic rings. The van der Waals surface area contributed by atoms with Gasteiger partial charge in [0.05, 0.1) is 18.0 Å². The lowest BCUT2D eigenvalue weighted by atomic mass is 9.95. The van der Waals surface area contributed by atoms with Crippen molar-refractivity contribution in [2.75, 3.05) is 20.2 Å². The lowest BCUT2D eigenvalue weighted by Gasteiger charge is -2.31. The number of carbonyl (C=O) groups is 1. The van der Waals surface area contributed by atoms with Crippen LogP contribution >= 0.6 is 0 Å². The molecule has 2 aromatic carbocycles. The molecule has 1 fully saturated rings. The Labute approximate surface area is 179 Å². The number of nitrogens with one attached hydrogen (secondary N) is 1. The quantitative estimate of drug-likeness (QED) is 0.727. The van der Waals surface area contributed by atoms with Crippen LogP contribution in [-0.2, 0) is 14.8 Å². The maximum Gasteiger partial charge on any atom is 0.243 e. The first-order chi connectivity index (χ1) is 14.3. The fourth-order valence-corrected chi connectivity index (χ4v) is 5.23. The number of benzene rings is 2. The molecule has 6 nitrogen and oxygen atoms in total. The minimum Gasteiger partial charge on any atom is -0.497 e. The van der Waals surface area contributed by atoms with E-state index in [2.05, 4.69) is 12.2 Å². The highest BCUT2D eigenvalue weighted by Crippen LogP contribution is 2.26. The smallest absolute Gasteiger partial charge is 0.243 e. The van der Waals surface area contributed by atoms with E-state index >= 15 is 0 Å². The number of hydrogen-bond donors (Lipinski definition) is 1. The first-order valence-electron chi connectivity index (χ1n) is 10.4. The van der Waals surface area contributed by atoms with Gasteiger partial charge in [-0.05, 0) is 56.0 Å². The van der Waals surface area contributed by atoms with E-state index < -0.39 is 10.0 Å². The highest BCUT2D eigenvalue weighted by Gasteiger charge is 2.32. The Kier molecular flexibility index (Phi) is 7.15. The van der Waals surface area contributed by atoms with Gasteiger partial charge in [0, 0.05) is 19.0 Å². The van der Waals surface area contributed by atoms with Gasteiger partial charge in [-0.15, -0.1) is 0 Å². The van der Waals surface area contributed by atoms with Crippen molar-refractivity contribution in [1.29, 1.82) is 0 Å². The monoisotopic (exact) mass is 430 g/mol. The molecule has 0 spiro atoms. The zero-order valence-corrected chi connectivity index (χ0v) is 18.6. The molecule has 0 bridgehead atoms. The Bertz CT molecular complexity index is 948. The van der Waals surface area contributed by atoms with Crippen LogP contribution in [0.15, 0.2) is 53.4 Å². The predicted octanol–water partition coefficient (Wildman–Crippen LogP) is 3.67. The lowest BCUT2D eigenvalue weighted by molar-refractivity contribution is -0.126. The maximum absolute atomic E-state index is 12.9. The van der Waals surface area contributed by atoms with Gasteiger partial charge in [-0.1, -0.05) is 36.8 Å². The van der Waals surface area contributed by atoms with Gasteiger partial charge in [0.15, 0.2) is 0 Å². The Balaban J connectivity index is 1.59. The SMILES string of the molecule is CC[C@@H](NC(=O)C1CCN(S(=O)(=O)c2ccc(OC)cc2)CC1)c1ccc(C)cc1. The summed E-state index contributed by atoms with van der Waals surface area (Å²) in [5, 5.41) is 3.15. The normalized spacial score (nSPS) is 16.8. The second-order valence-corrected chi connectivity index (χ2v) is 9.67. The highest BCUT2D eigenvalue weighted by molar-refractivity contribution is 7.89. The summed E-state index contributed by atoms with van der Waals surface area (Å²) in [5.74, 6) is 0.444. The van der Waals surface area contributed by atoms with Gasteiger partial charge in [-0.25, -0.2) is 8.42 Å². The van der Waals surface area contributed by atoms with Crippen LogP contribution in [0, 0.1) is 12.8 Å². The summed E-state index contributed by atoms with van der Waals surface area (Å²) in [7, 11) is -2.02. The van der Waals surface area contributed by atoms with Crippen LogP contribution in [0.1, 0.15) is 43.4 Å². The standard InChI is InChI=1S/C23H30N2O4S/c1-4-22(18-7-5-17(2)6-8-18)24-23(26)19-13-15-25(16-14-19)30(27,28)21-11-9-20(29-3)10-12-21/h5-12,19,22H,4,13-16H2,1-3H3,(H,24,26)/t22-/m1/s1. The van der Waals surface area contributed by atoms with Crippen LogP contribution in [0.4, 0.5) is 0 Å². The van der Waals surface area contributed by atoms with Crippen LogP contribution < -0.4 is 10.1 Å². The van der Waals surface area contributed by atoms with Gasteiger partial charge in [0.1, 0.15) is 5.75 Å². The minimum atomic E-state index is -3.56. The molecule has 0 aliphatic carbocycles. The van der Waals surface area contributed by atoms with Crippen molar-refractivity contribution in [3.63, 3.8) is 0 Å². The van der Waals surface area contributed by atoms with E-state index in [0.717, 1.165) is 12.0 Å². The van der Waals surface area contributed by atoms with E-state index in [1.165, 1.54) is 9.87 Å². The zero-order valence-electron chi connectivity index (χ0n) is 17.8. The number of aryl methyl sites for hydroxylation is 1. The predicted molar refractivity (Wildman–Crippen MR) is 117 cm³/mol. The number of hydrogen-bond acceptors (Lipinski definition) is 4. The van der Waals surface area contributed by atoms with Crippen molar-refractivity contribution >= 4 is 15.9 Å². The van der Waals surface area contributed by atoms with Crippen molar-refractivity contribution in [1.82, 2.24) is 9.62 Å². The number of piperidine rings is 1. The average molecular weight is 431 g/mol. The maximum atomic E-state index is 12.9. The van der Waals surface area contributed by atoms with Gasteiger partial charge in [-0.2, -0.15) is 4.31 Å². The van der Waals surface area contributed by atoms with E-state index in [1.807, 2.05) is 31.2 Å². The molecule has 0 saturated carbocycles. The third kappa shape index (κ3) is 5.02. The van der Waals surface area contributed by atoms with E-state index in [0.29, 0.717) is 31.7 Å². The summed E-state index contributed by atoms with van der Waals surface area (Å²) in [4.78, 5) is 13.1. The lowest BCUT2D eigenvalue weighted by Crippen LogP contribution is -2.43. The van der Waals surface area contributed by atoms with E-state index in [4.69, 9.17) is 4.74 Å². The number of nitrogens with zero attached hydrogens (tertiary/aromatic N) is 1. The topological polar surface area (TPSA) is 75.7 Å². The molecular weight excluding hydrogens is 400 g/mol. The molecule has 1 atom stereocenters. The molecule has 0 radical (unpaired) electrons. The van der Waals surface area contributed by atoms with Gasteiger partial charge in [0.2, 0.25) is 15.9 Å². The number of ether oxygens (including phenoxy) is 1. The second kappa shape index (κ2) is 9.62. The molecule has 1 aliphatic rings. The molecule has 1 amide bonds. The molecule has 30 heavy (non-hydrogen) atoms. The summed E-state index contributed by atoms with van der Waals surface area (Å²) in [6.45, 7) is 4.77. The van der Waals surface area contributed by atoms with Crippen LogP contribution in [0.5, 0.6) is 5.75 Å². The number of carbonyl (C=O) groups excluding carboxylic acids is 1. The summed E-state index contributed by atoms with van der Waals surface area (Å²) in [5.41, 5.74) is 2.28.